The van der Waals surface area contributed by atoms with Crippen LogP contribution in [0.15, 0.2) is 35.5 Å². The van der Waals surface area contributed by atoms with Crippen molar-refractivity contribution in [3.8, 4) is 5.75 Å². The predicted octanol–water partition coefficient (Wildman–Crippen LogP) is 4.13. The highest BCUT2D eigenvalue weighted by Crippen LogP contribution is 2.31. The molecular weight excluding hydrogens is 348 g/mol. The van der Waals surface area contributed by atoms with E-state index in [4.69, 9.17) is 9.72 Å². The first-order chi connectivity index (χ1) is 13.6. The number of aromatic nitrogens is 2. The van der Waals surface area contributed by atoms with Crippen molar-refractivity contribution in [3.05, 3.63) is 53.1 Å². The molecule has 28 heavy (non-hydrogen) atoms. The Kier molecular flexibility index (Phi) is 5.36. The number of ether oxygens (including phenoxy) is 1. The zero-order chi connectivity index (χ0) is 19.7. The Balaban J connectivity index is 1.53. The van der Waals surface area contributed by atoms with E-state index in [2.05, 4.69) is 66.6 Å². The van der Waals surface area contributed by atoms with Crippen LogP contribution in [0.4, 0.5) is 0 Å². The summed E-state index contributed by atoms with van der Waals surface area (Å²) in [7, 11) is 2.18. The number of imidazole rings is 1. The Morgan fingerprint density at radius 3 is 3.00 bits per heavy atom. The van der Waals surface area contributed by atoms with Crippen molar-refractivity contribution >= 4 is 11.8 Å². The molecule has 0 N–H and O–H groups in total. The van der Waals surface area contributed by atoms with Crippen LogP contribution in [0.25, 0.3) is 5.57 Å². The fraction of sp³-hybridized carbons (Fsp3) is 0.478. The van der Waals surface area contributed by atoms with Crippen molar-refractivity contribution in [2.45, 2.75) is 46.3 Å². The number of fused-ring (bicyclic) bond motifs is 1. The number of hydrogen-bond acceptors (Lipinski definition) is 4. The lowest BCUT2D eigenvalue weighted by atomic mass is 10.0. The molecule has 0 saturated carbocycles. The maximum absolute atomic E-state index is 5.75. The van der Waals surface area contributed by atoms with Crippen LogP contribution in [0, 0.1) is 5.92 Å². The van der Waals surface area contributed by atoms with Crippen molar-refractivity contribution in [1.82, 2.24) is 14.5 Å². The quantitative estimate of drug-likeness (QED) is 0.759. The molecule has 0 fully saturated rings. The zero-order valence-electron chi connectivity index (χ0n) is 17.4. The summed E-state index contributed by atoms with van der Waals surface area (Å²) in [5.41, 5.74) is 4.99. The van der Waals surface area contributed by atoms with Crippen LogP contribution in [0.2, 0.25) is 0 Å². The van der Waals surface area contributed by atoms with Crippen LogP contribution in [0.1, 0.15) is 49.5 Å². The summed E-state index contributed by atoms with van der Waals surface area (Å²) in [5, 5.41) is 0. The zero-order valence-corrected chi connectivity index (χ0v) is 17.4. The summed E-state index contributed by atoms with van der Waals surface area (Å²) >= 11 is 0. The minimum Gasteiger partial charge on any atom is -0.493 e. The first-order valence-corrected chi connectivity index (χ1v) is 10.3. The van der Waals surface area contributed by atoms with Crippen molar-refractivity contribution in [3.63, 3.8) is 0 Å². The van der Waals surface area contributed by atoms with E-state index in [9.17, 15) is 0 Å². The van der Waals surface area contributed by atoms with Gasteiger partial charge >= 0.3 is 0 Å². The van der Waals surface area contributed by atoms with E-state index in [1.165, 1.54) is 16.8 Å². The summed E-state index contributed by atoms with van der Waals surface area (Å²) in [6.07, 6.45) is 7.29. The number of dihydropyridines is 1. The maximum atomic E-state index is 5.75. The van der Waals surface area contributed by atoms with E-state index in [0.29, 0.717) is 12.0 Å². The molecule has 1 aromatic heterocycles. The molecule has 0 amide bonds. The van der Waals surface area contributed by atoms with Gasteiger partial charge in [0.25, 0.3) is 0 Å². The number of hydrogen-bond donors (Lipinski definition) is 0. The molecular formula is C23H30N4O. The lowest BCUT2D eigenvalue weighted by Gasteiger charge is -2.26. The molecule has 2 unspecified atom stereocenters. The number of allylic oxidation sites excluding steroid dienone is 1. The molecule has 148 valence electrons. The summed E-state index contributed by atoms with van der Waals surface area (Å²) in [6, 6.07) is 6.96. The van der Waals surface area contributed by atoms with Crippen LogP contribution in [-0.4, -0.2) is 40.9 Å². The Morgan fingerprint density at radius 1 is 1.36 bits per heavy atom. The fourth-order valence-corrected chi connectivity index (χ4v) is 4.06. The smallest absolute Gasteiger partial charge is 0.141 e. The molecule has 5 heteroatoms. The van der Waals surface area contributed by atoms with Gasteiger partial charge in [0.05, 0.1) is 18.5 Å². The van der Waals surface area contributed by atoms with Gasteiger partial charge in [0.1, 0.15) is 11.6 Å². The van der Waals surface area contributed by atoms with Crippen LogP contribution in [-0.2, 0) is 19.5 Å². The Bertz CT molecular complexity index is 911. The number of aliphatic imine (C=N–C) groups is 1. The molecule has 1 aromatic carbocycles. The van der Waals surface area contributed by atoms with Crippen LogP contribution >= 0.6 is 0 Å². The molecule has 0 aliphatic carbocycles. The van der Waals surface area contributed by atoms with Gasteiger partial charge in [-0.2, -0.15) is 0 Å². The fourth-order valence-electron chi connectivity index (χ4n) is 4.06. The molecule has 2 aromatic rings. The third-order valence-corrected chi connectivity index (χ3v) is 5.88. The van der Waals surface area contributed by atoms with E-state index in [1.54, 1.807) is 0 Å². The van der Waals surface area contributed by atoms with Gasteiger partial charge in [0, 0.05) is 43.9 Å². The van der Waals surface area contributed by atoms with Gasteiger partial charge in [-0.3, -0.25) is 9.89 Å². The van der Waals surface area contributed by atoms with E-state index in [-0.39, 0.29) is 0 Å². The van der Waals surface area contributed by atoms with Gasteiger partial charge in [-0.05, 0) is 44.0 Å². The first-order valence-electron chi connectivity index (χ1n) is 10.3. The van der Waals surface area contributed by atoms with Crippen LogP contribution in [0.3, 0.4) is 0 Å². The second-order valence-electron chi connectivity index (χ2n) is 7.97. The topological polar surface area (TPSA) is 42.6 Å². The highest BCUT2D eigenvalue weighted by atomic mass is 16.5. The number of rotatable bonds is 6. The van der Waals surface area contributed by atoms with Crippen molar-refractivity contribution in [2.24, 2.45) is 10.9 Å². The SMILES string of the molecule is CCn1c(CN(C)C(C)c2ccc3c(c2)OCC3)cnc1C1=CC(C)CN=C1. The number of nitrogens with zero attached hydrogens (tertiary/aromatic N) is 4. The minimum absolute atomic E-state index is 0.300. The Hall–Kier alpha value is -2.40. The molecule has 0 radical (unpaired) electrons. The van der Waals surface area contributed by atoms with E-state index < -0.39 is 0 Å². The normalized spacial score (nSPS) is 19.5. The summed E-state index contributed by atoms with van der Waals surface area (Å²) in [6.45, 7) is 10.1. The van der Waals surface area contributed by atoms with Crippen molar-refractivity contribution in [2.75, 3.05) is 20.2 Å². The van der Waals surface area contributed by atoms with Gasteiger partial charge in [-0.15, -0.1) is 0 Å². The molecule has 0 spiro atoms. The second kappa shape index (κ2) is 7.92. The lowest BCUT2D eigenvalue weighted by Crippen LogP contribution is -2.23. The van der Waals surface area contributed by atoms with Crippen LogP contribution in [0.5, 0.6) is 5.75 Å². The summed E-state index contributed by atoms with van der Waals surface area (Å²) < 4.78 is 8.06. The molecule has 5 nitrogen and oxygen atoms in total. The summed E-state index contributed by atoms with van der Waals surface area (Å²) in [5.74, 6) is 2.55. The largest absolute Gasteiger partial charge is 0.493 e. The number of benzene rings is 1. The molecule has 0 saturated heterocycles. The monoisotopic (exact) mass is 378 g/mol. The van der Waals surface area contributed by atoms with Gasteiger partial charge < -0.3 is 9.30 Å². The molecule has 3 heterocycles. The molecule has 0 bridgehead atoms. The summed E-state index contributed by atoms with van der Waals surface area (Å²) in [4.78, 5) is 11.6. The first kappa shape index (κ1) is 18.9. The third-order valence-electron chi connectivity index (χ3n) is 5.88. The predicted molar refractivity (Wildman–Crippen MR) is 114 cm³/mol. The third kappa shape index (κ3) is 3.63. The average molecular weight is 379 g/mol. The average Bonchev–Trinajstić information content (AvgIpc) is 3.33. The standard InChI is InChI=1S/C23H30N4O/c1-5-27-21(14-25-23(27)20-10-16(2)12-24-13-20)15-26(4)17(3)19-7-6-18-8-9-28-22(18)11-19/h6-7,10-11,13-14,16-17H,5,8-9,12,15H2,1-4H3. The minimum atomic E-state index is 0.300. The van der Waals surface area contributed by atoms with Gasteiger partial charge in [0.2, 0.25) is 0 Å². The molecule has 2 aliphatic rings. The highest BCUT2D eigenvalue weighted by molar-refractivity contribution is 6.09. The van der Waals surface area contributed by atoms with E-state index in [1.807, 2.05) is 12.4 Å². The van der Waals surface area contributed by atoms with Gasteiger partial charge in [0.15, 0.2) is 0 Å². The molecule has 4 rings (SSSR count). The van der Waals surface area contributed by atoms with E-state index in [0.717, 1.165) is 49.8 Å². The van der Waals surface area contributed by atoms with Crippen molar-refractivity contribution < 1.29 is 4.74 Å². The maximum Gasteiger partial charge on any atom is 0.141 e. The van der Waals surface area contributed by atoms with Gasteiger partial charge in [-0.1, -0.05) is 25.1 Å². The van der Waals surface area contributed by atoms with Gasteiger partial charge in [-0.25, -0.2) is 4.98 Å². The van der Waals surface area contributed by atoms with Crippen LogP contribution < -0.4 is 4.74 Å². The Labute approximate surface area is 167 Å². The van der Waals surface area contributed by atoms with Crippen molar-refractivity contribution in [1.29, 1.82) is 0 Å². The molecule has 2 aliphatic heterocycles. The molecule has 2 atom stereocenters. The lowest BCUT2D eigenvalue weighted by molar-refractivity contribution is 0.246. The highest BCUT2D eigenvalue weighted by Gasteiger charge is 2.20. The second-order valence-corrected chi connectivity index (χ2v) is 7.97. The Morgan fingerprint density at radius 2 is 2.21 bits per heavy atom. The van der Waals surface area contributed by atoms with E-state index >= 15 is 0 Å².